The van der Waals surface area contributed by atoms with E-state index in [1.165, 1.54) is 0 Å². The molecular weight excluding hydrogens is 314 g/mol. The van der Waals surface area contributed by atoms with E-state index in [2.05, 4.69) is 42.5 Å². The molecule has 0 aliphatic carbocycles. The summed E-state index contributed by atoms with van der Waals surface area (Å²) in [4.78, 5) is 19.2. The molecule has 0 bridgehead atoms. The van der Waals surface area contributed by atoms with Gasteiger partial charge in [-0.1, -0.05) is 39.0 Å². The van der Waals surface area contributed by atoms with Crippen molar-refractivity contribution in [1.82, 2.24) is 14.5 Å². The minimum Gasteiger partial charge on any atom is -0.444 e. The summed E-state index contributed by atoms with van der Waals surface area (Å²) >= 11 is 0. The summed E-state index contributed by atoms with van der Waals surface area (Å²) in [6.45, 7) is 13.1. The van der Waals surface area contributed by atoms with Gasteiger partial charge in [0.2, 0.25) is 0 Å². The maximum absolute atomic E-state index is 12.7. The Morgan fingerprint density at radius 1 is 1.08 bits per heavy atom. The predicted molar refractivity (Wildman–Crippen MR) is 97.7 cm³/mol. The fourth-order valence-electron chi connectivity index (χ4n) is 3.14. The molecule has 0 saturated heterocycles. The van der Waals surface area contributed by atoms with Gasteiger partial charge in [0.15, 0.2) is 0 Å². The average Bonchev–Trinajstić information content (AvgIpc) is 2.82. The lowest BCUT2D eigenvalue weighted by atomic mass is 9.90. The Labute approximate surface area is 149 Å². The van der Waals surface area contributed by atoms with Gasteiger partial charge in [-0.2, -0.15) is 0 Å². The van der Waals surface area contributed by atoms with Crippen LogP contribution in [-0.4, -0.2) is 26.1 Å². The molecule has 0 atom stereocenters. The SMILES string of the molecule is CC(C)(C)OC(=O)N1Cc2ccccc2-n2cnc(C(C)(C)C)c2C1. The third-order valence-electron chi connectivity index (χ3n) is 4.18. The number of para-hydroxylation sites is 1. The van der Waals surface area contributed by atoms with Gasteiger partial charge in [0.05, 0.1) is 36.5 Å². The van der Waals surface area contributed by atoms with E-state index in [4.69, 9.17) is 4.74 Å². The molecule has 3 rings (SSSR count). The van der Waals surface area contributed by atoms with Gasteiger partial charge in [0.1, 0.15) is 5.60 Å². The van der Waals surface area contributed by atoms with Crippen molar-refractivity contribution >= 4 is 6.09 Å². The van der Waals surface area contributed by atoms with E-state index in [0.29, 0.717) is 13.1 Å². The first-order chi connectivity index (χ1) is 11.6. The highest BCUT2D eigenvalue weighted by molar-refractivity contribution is 5.69. The standard InChI is InChI=1S/C20H27N3O2/c1-19(2,3)17-16-12-22(18(24)25-20(4,5)6)11-14-9-7-8-10-15(14)23(16)13-21-17/h7-10,13H,11-12H2,1-6H3. The van der Waals surface area contributed by atoms with Crippen molar-refractivity contribution in [1.29, 1.82) is 0 Å². The second kappa shape index (κ2) is 5.90. The number of fused-ring (bicyclic) bond motifs is 3. The lowest BCUT2D eigenvalue weighted by Crippen LogP contribution is -2.36. The predicted octanol–water partition coefficient (Wildman–Crippen LogP) is 4.42. The molecule has 25 heavy (non-hydrogen) atoms. The third kappa shape index (κ3) is 3.55. The molecule has 0 radical (unpaired) electrons. The topological polar surface area (TPSA) is 47.4 Å². The van der Waals surface area contributed by atoms with Crippen molar-refractivity contribution in [3.05, 3.63) is 47.5 Å². The van der Waals surface area contributed by atoms with Gasteiger partial charge >= 0.3 is 6.09 Å². The van der Waals surface area contributed by atoms with Gasteiger partial charge in [-0.25, -0.2) is 9.78 Å². The highest BCUT2D eigenvalue weighted by Gasteiger charge is 2.31. The van der Waals surface area contributed by atoms with Gasteiger partial charge < -0.3 is 9.30 Å². The van der Waals surface area contributed by atoms with E-state index < -0.39 is 5.60 Å². The van der Waals surface area contributed by atoms with Crippen molar-refractivity contribution < 1.29 is 9.53 Å². The monoisotopic (exact) mass is 341 g/mol. The molecule has 5 nitrogen and oxygen atoms in total. The van der Waals surface area contributed by atoms with Crippen LogP contribution in [0.15, 0.2) is 30.6 Å². The second-order valence-electron chi connectivity index (χ2n) is 8.62. The van der Waals surface area contributed by atoms with Crippen molar-refractivity contribution in [2.75, 3.05) is 0 Å². The van der Waals surface area contributed by atoms with Gasteiger partial charge in [-0.3, -0.25) is 4.90 Å². The maximum Gasteiger partial charge on any atom is 0.410 e. The van der Waals surface area contributed by atoms with Gasteiger partial charge in [0, 0.05) is 5.41 Å². The van der Waals surface area contributed by atoms with Crippen LogP contribution in [0.4, 0.5) is 4.79 Å². The Morgan fingerprint density at radius 3 is 2.40 bits per heavy atom. The van der Waals surface area contributed by atoms with E-state index in [0.717, 1.165) is 22.6 Å². The smallest absolute Gasteiger partial charge is 0.410 e. The van der Waals surface area contributed by atoms with Crippen molar-refractivity contribution in [3.63, 3.8) is 0 Å². The van der Waals surface area contributed by atoms with Crippen LogP contribution < -0.4 is 0 Å². The number of amides is 1. The van der Waals surface area contributed by atoms with Crippen LogP contribution >= 0.6 is 0 Å². The van der Waals surface area contributed by atoms with Crippen molar-refractivity contribution in [2.24, 2.45) is 0 Å². The minimum absolute atomic E-state index is 0.0977. The molecule has 0 fully saturated rings. The quantitative estimate of drug-likeness (QED) is 0.712. The summed E-state index contributed by atoms with van der Waals surface area (Å²) in [5, 5.41) is 0. The normalized spacial score (nSPS) is 14.6. The largest absolute Gasteiger partial charge is 0.444 e. The number of hydrogen-bond donors (Lipinski definition) is 0. The van der Waals surface area contributed by atoms with Crippen LogP contribution in [0, 0.1) is 0 Å². The molecule has 0 unspecified atom stereocenters. The molecule has 1 aromatic heterocycles. The van der Waals surface area contributed by atoms with Crippen LogP contribution in [0.3, 0.4) is 0 Å². The molecular formula is C20H27N3O2. The first kappa shape index (κ1) is 17.5. The molecule has 0 saturated carbocycles. The number of imidazole rings is 1. The minimum atomic E-state index is -0.518. The lowest BCUT2D eigenvalue weighted by Gasteiger charge is -2.27. The fourth-order valence-corrected chi connectivity index (χ4v) is 3.14. The van der Waals surface area contributed by atoms with E-state index in [1.54, 1.807) is 4.90 Å². The molecule has 1 aliphatic rings. The fraction of sp³-hybridized carbons (Fsp3) is 0.500. The molecule has 1 aliphatic heterocycles. The number of ether oxygens (including phenoxy) is 1. The molecule has 1 aromatic carbocycles. The summed E-state index contributed by atoms with van der Waals surface area (Å²) in [7, 11) is 0. The highest BCUT2D eigenvalue weighted by atomic mass is 16.6. The van der Waals surface area contributed by atoms with Gasteiger partial charge in [-0.05, 0) is 32.4 Å². The van der Waals surface area contributed by atoms with Crippen LogP contribution in [-0.2, 0) is 23.2 Å². The van der Waals surface area contributed by atoms with Crippen molar-refractivity contribution in [2.45, 2.75) is 65.6 Å². The number of nitrogens with zero attached hydrogens (tertiary/aromatic N) is 3. The number of rotatable bonds is 0. The van der Waals surface area contributed by atoms with Gasteiger partial charge in [0.25, 0.3) is 0 Å². The molecule has 2 aromatic rings. The molecule has 134 valence electrons. The number of carbonyl (C=O) groups is 1. The maximum atomic E-state index is 12.7. The summed E-state index contributed by atoms with van der Waals surface area (Å²) in [5.41, 5.74) is 3.60. The Morgan fingerprint density at radius 2 is 1.76 bits per heavy atom. The summed E-state index contributed by atoms with van der Waals surface area (Å²) in [6.07, 6.45) is 1.57. The molecule has 0 spiro atoms. The average molecular weight is 341 g/mol. The van der Waals surface area contributed by atoms with E-state index in [9.17, 15) is 4.79 Å². The number of aromatic nitrogens is 2. The Hall–Kier alpha value is -2.30. The highest BCUT2D eigenvalue weighted by Crippen LogP contribution is 2.32. The third-order valence-corrected chi connectivity index (χ3v) is 4.18. The molecule has 0 N–H and O–H groups in total. The molecule has 1 amide bonds. The molecule has 5 heteroatoms. The molecule has 2 heterocycles. The number of benzene rings is 1. The van der Waals surface area contributed by atoms with Crippen LogP contribution in [0.5, 0.6) is 0 Å². The number of hydrogen-bond acceptors (Lipinski definition) is 3. The van der Waals surface area contributed by atoms with Crippen LogP contribution in [0.1, 0.15) is 58.5 Å². The van der Waals surface area contributed by atoms with E-state index >= 15 is 0 Å². The number of carbonyl (C=O) groups excluding carboxylic acids is 1. The first-order valence-corrected chi connectivity index (χ1v) is 8.69. The first-order valence-electron chi connectivity index (χ1n) is 8.69. The zero-order valence-electron chi connectivity index (χ0n) is 16.0. The zero-order chi connectivity index (χ0) is 18.4. The van der Waals surface area contributed by atoms with Crippen LogP contribution in [0.2, 0.25) is 0 Å². The Kier molecular flexibility index (Phi) is 4.13. The Bertz CT molecular complexity index is 794. The lowest BCUT2D eigenvalue weighted by molar-refractivity contribution is 0.0216. The summed E-state index contributed by atoms with van der Waals surface area (Å²) < 4.78 is 7.73. The second-order valence-corrected chi connectivity index (χ2v) is 8.62. The zero-order valence-corrected chi connectivity index (χ0v) is 16.0. The van der Waals surface area contributed by atoms with Crippen LogP contribution in [0.25, 0.3) is 5.69 Å². The van der Waals surface area contributed by atoms with E-state index in [-0.39, 0.29) is 11.5 Å². The summed E-state index contributed by atoms with van der Waals surface area (Å²) in [5.74, 6) is 0. The van der Waals surface area contributed by atoms with Crippen molar-refractivity contribution in [3.8, 4) is 5.69 Å². The van der Waals surface area contributed by atoms with E-state index in [1.807, 2.05) is 39.2 Å². The Balaban J connectivity index is 2.09. The van der Waals surface area contributed by atoms with Gasteiger partial charge in [-0.15, -0.1) is 0 Å². The summed E-state index contributed by atoms with van der Waals surface area (Å²) in [6, 6.07) is 8.14.